The van der Waals surface area contributed by atoms with E-state index >= 15 is 0 Å². The highest BCUT2D eigenvalue weighted by Gasteiger charge is 2.18. The maximum absolute atomic E-state index is 11.7. The third-order valence-corrected chi connectivity index (χ3v) is 2.29. The number of rotatable bonds is 1. The molecule has 0 radical (unpaired) electrons. The fourth-order valence-electron chi connectivity index (χ4n) is 1.42. The van der Waals surface area contributed by atoms with Crippen molar-refractivity contribution in [2.45, 2.75) is 0 Å². The van der Waals surface area contributed by atoms with E-state index in [0.29, 0.717) is 37.7 Å². The van der Waals surface area contributed by atoms with Crippen LogP contribution in [0.5, 0.6) is 0 Å². The van der Waals surface area contributed by atoms with Crippen LogP contribution in [-0.2, 0) is 4.74 Å². The fourth-order valence-corrected chi connectivity index (χ4v) is 1.42. The number of nitrogens with one attached hydrogen (secondary N) is 2. The maximum Gasteiger partial charge on any atom is 0.323 e. The van der Waals surface area contributed by atoms with Crippen LogP contribution in [0.15, 0.2) is 6.20 Å². The van der Waals surface area contributed by atoms with Crippen LogP contribution < -0.4 is 5.32 Å². The van der Waals surface area contributed by atoms with Gasteiger partial charge in [0.15, 0.2) is 0 Å². The summed E-state index contributed by atoms with van der Waals surface area (Å²) in [6.07, 6.45) is 1.37. The van der Waals surface area contributed by atoms with Gasteiger partial charge in [0, 0.05) is 13.1 Å². The Morgan fingerprint density at radius 1 is 1.62 bits per heavy atom. The molecule has 1 aliphatic rings. The van der Waals surface area contributed by atoms with Crippen LogP contribution in [0.4, 0.5) is 10.6 Å². The lowest BCUT2D eigenvalue weighted by Gasteiger charge is -2.26. The SMILES string of the molecule is N#Cc1cn[nH]c1NC(=O)N1CCOCC1. The van der Waals surface area contributed by atoms with Gasteiger partial charge < -0.3 is 9.64 Å². The molecule has 2 heterocycles. The number of hydrogen-bond donors (Lipinski definition) is 2. The van der Waals surface area contributed by atoms with Crippen LogP contribution in [-0.4, -0.2) is 47.4 Å². The number of aromatic amines is 1. The molecule has 7 heteroatoms. The Bertz CT molecular complexity index is 416. The van der Waals surface area contributed by atoms with E-state index in [-0.39, 0.29) is 6.03 Å². The fraction of sp³-hybridized carbons (Fsp3) is 0.444. The second-order valence-electron chi connectivity index (χ2n) is 3.30. The minimum Gasteiger partial charge on any atom is -0.378 e. The van der Waals surface area contributed by atoms with Crippen molar-refractivity contribution < 1.29 is 9.53 Å². The van der Waals surface area contributed by atoms with E-state index in [1.165, 1.54) is 6.20 Å². The molecule has 0 unspecified atom stereocenters. The zero-order valence-corrected chi connectivity index (χ0v) is 8.56. The smallest absolute Gasteiger partial charge is 0.323 e. The Kier molecular flexibility index (Phi) is 3.03. The average molecular weight is 221 g/mol. The molecule has 7 nitrogen and oxygen atoms in total. The lowest BCUT2D eigenvalue weighted by molar-refractivity contribution is 0.0564. The van der Waals surface area contributed by atoms with Crippen molar-refractivity contribution in [3.63, 3.8) is 0 Å². The molecule has 84 valence electrons. The number of hydrogen-bond acceptors (Lipinski definition) is 4. The highest BCUT2D eigenvalue weighted by atomic mass is 16.5. The normalized spacial score (nSPS) is 15.6. The first kappa shape index (κ1) is 10.4. The van der Waals surface area contributed by atoms with Crippen molar-refractivity contribution in [3.05, 3.63) is 11.8 Å². The third-order valence-electron chi connectivity index (χ3n) is 2.29. The number of carbonyl (C=O) groups is 1. The first-order valence-corrected chi connectivity index (χ1v) is 4.88. The summed E-state index contributed by atoms with van der Waals surface area (Å²) in [6, 6.07) is 1.69. The summed E-state index contributed by atoms with van der Waals surface area (Å²) in [5.74, 6) is 0.332. The van der Waals surface area contributed by atoms with E-state index in [0.717, 1.165) is 0 Å². The highest BCUT2D eigenvalue weighted by Crippen LogP contribution is 2.10. The number of morpholine rings is 1. The number of anilines is 1. The molecule has 0 aromatic carbocycles. The van der Waals surface area contributed by atoms with Gasteiger partial charge in [-0.25, -0.2) is 4.79 Å². The molecule has 0 spiro atoms. The van der Waals surface area contributed by atoms with Gasteiger partial charge in [-0.05, 0) is 0 Å². The van der Waals surface area contributed by atoms with Crippen LogP contribution in [0.25, 0.3) is 0 Å². The Morgan fingerprint density at radius 3 is 3.06 bits per heavy atom. The number of aromatic nitrogens is 2. The van der Waals surface area contributed by atoms with E-state index in [1.807, 2.05) is 6.07 Å². The van der Waals surface area contributed by atoms with Crippen molar-refractivity contribution in [2.24, 2.45) is 0 Å². The highest BCUT2D eigenvalue weighted by molar-refractivity contribution is 5.89. The maximum atomic E-state index is 11.7. The number of nitriles is 1. The van der Waals surface area contributed by atoms with Gasteiger partial charge in [0.2, 0.25) is 0 Å². The summed E-state index contributed by atoms with van der Waals surface area (Å²) < 4.78 is 5.14. The van der Waals surface area contributed by atoms with Crippen LogP contribution in [0.3, 0.4) is 0 Å². The number of H-pyrrole nitrogens is 1. The Balaban J connectivity index is 1.99. The zero-order valence-electron chi connectivity index (χ0n) is 8.56. The minimum absolute atomic E-state index is 0.246. The number of urea groups is 1. The second kappa shape index (κ2) is 4.63. The Hall–Kier alpha value is -2.07. The van der Waals surface area contributed by atoms with E-state index in [2.05, 4.69) is 15.5 Å². The molecule has 1 fully saturated rings. The minimum atomic E-state index is -0.246. The van der Waals surface area contributed by atoms with Gasteiger partial charge in [-0.15, -0.1) is 0 Å². The molecule has 2 rings (SSSR count). The predicted molar refractivity (Wildman–Crippen MR) is 54.7 cm³/mol. The molecule has 1 aliphatic heterocycles. The van der Waals surface area contributed by atoms with Crippen molar-refractivity contribution in [2.75, 3.05) is 31.6 Å². The Labute approximate surface area is 92.0 Å². The molecular formula is C9H11N5O2. The molecule has 0 atom stereocenters. The number of nitrogens with zero attached hydrogens (tertiary/aromatic N) is 3. The Morgan fingerprint density at radius 2 is 2.38 bits per heavy atom. The molecule has 2 amide bonds. The summed E-state index contributed by atoms with van der Waals surface area (Å²) in [7, 11) is 0. The van der Waals surface area contributed by atoms with E-state index in [1.54, 1.807) is 4.90 Å². The summed E-state index contributed by atoms with van der Waals surface area (Å²) in [4.78, 5) is 13.4. The van der Waals surface area contributed by atoms with Gasteiger partial charge >= 0.3 is 6.03 Å². The molecule has 1 saturated heterocycles. The summed E-state index contributed by atoms with van der Waals surface area (Å²) in [5.41, 5.74) is 0.321. The first-order chi connectivity index (χ1) is 7.81. The van der Waals surface area contributed by atoms with Gasteiger partial charge in [0.1, 0.15) is 17.5 Å². The average Bonchev–Trinajstić information content (AvgIpc) is 2.77. The topological polar surface area (TPSA) is 94.0 Å². The zero-order chi connectivity index (χ0) is 11.4. The lowest BCUT2D eigenvalue weighted by atomic mass is 10.3. The monoisotopic (exact) mass is 221 g/mol. The van der Waals surface area contributed by atoms with Crippen molar-refractivity contribution in [1.82, 2.24) is 15.1 Å². The summed E-state index contributed by atoms with van der Waals surface area (Å²) >= 11 is 0. The number of amides is 2. The molecule has 16 heavy (non-hydrogen) atoms. The molecule has 0 saturated carbocycles. The molecular weight excluding hydrogens is 210 g/mol. The third kappa shape index (κ3) is 2.12. The predicted octanol–water partition coefficient (Wildman–Crippen LogP) is 0.145. The molecule has 1 aromatic heterocycles. The second-order valence-corrected chi connectivity index (χ2v) is 3.30. The van der Waals surface area contributed by atoms with Crippen LogP contribution in [0, 0.1) is 11.3 Å². The van der Waals surface area contributed by atoms with Crippen molar-refractivity contribution in [3.8, 4) is 6.07 Å². The van der Waals surface area contributed by atoms with Crippen LogP contribution in [0.2, 0.25) is 0 Å². The van der Waals surface area contributed by atoms with Gasteiger partial charge in [0.05, 0.1) is 19.4 Å². The van der Waals surface area contributed by atoms with E-state index in [4.69, 9.17) is 10.00 Å². The molecule has 2 N–H and O–H groups in total. The summed E-state index contributed by atoms with van der Waals surface area (Å²) in [6.45, 7) is 2.20. The van der Waals surface area contributed by atoms with Gasteiger partial charge in [-0.3, -0.25) is 10.4 Å². The van der Waals surface area contributed by atoms with E-state index < -0.39 is 0 Å². The standard InChI is InChI=1S/C9H11N5O2/c10-5-7-6-11-13-8(7)12-9(15)14-1-3-16-4-2-14/h6H,1-4H2,(H2,11,12,13,15). The van der Waals surface area contributed by atoms with Crippen molar-refractivity contribution >= 4 is 11.8 Å². The largest absolute Gasteiger partial charge is 0.378 e. The molecule has 1 aromatic rings. The molecule has 0 aliphatic carbocycles. The lowest BCUT2D eigenvalue weighted by Crippen LogP contribution is -2.43. The quantitative estimate of drug-likeness (QED) is 0.705. The molecule has 0 bridgehead atoms. The van der Waals surface area contributed by atoms with Gasteiger partial charge in [0.25, 0.3) is 0 Å². The van der Waals surface area contributed by atoms with Gasteiger partial charge in [-0.2, -0.15) is 10.4 Å². The van der Waals surface area contributed by atoms with Crippen LogP contribution in [0.1, 0.15) is 5.56 Å². The summed E-state index contributed by atoms with van der Waals surface area (Å²) in [5, 5.41) is 17.6. The van der Waals surface area contributed by atoms with Crippen LogP contribution >= 0.6 is 0 Å². The number of ether oxygens (including phenoxy) is 1. The van der Waals surface area contributed by atoms with Gasteiger partial charge in [-0.1, -0.05) is 0 Å². The first-order valence-electron chi connectivity index (χ1n) is 4.88. The number of carbonyl (C=O) groups excluding carboxylic acids is 1. The van der Waals surface area contributed by atoms with Crippen molar-refractivity contribution in [1.29, 1.82) is 5.26 Å². The van der Waals surface area contributed by atoms with E-state index in [9.17, 15) is 4.79 Å².